The second-order valence-electron chi connectivity index (χ2n) is 6.49. The third-order valence-corrected chi connectivity index (χ3v) is 6.86. The van der Waals surface area contributed by atoms with Crippen molar-refractivity contribution in [2.45, 2.75) is 30.6 Å². The molecule has 2 aromatic rings. The fraction of sp³-hybridized carbons (Fsp3) is 0.400. The molecule has 6 heteroatoms. The van der Waals surface area contributed by atoms with Gasteiger partial charge in [-0.3, -0.25) is 0 Å². The highest BCUT2D eigenvalue weighted by molar-refractivity contribution is 7.90. The Kier molecular flexibility index (Phi) is 5.37. The first-order valence-electron chi connectivity index (χ1n) is 8.58. The van der Waals surface area contributed by atoms with E-state index in [1.165, 1.54) is 0 Å². The van der Waals surface area contributed by atoms with E-state index in [0.29, 0.717) is 30.1 Å². The monoisotopic (exact) mass is 376 g/mol. The zero-order chi connectivity index (χ0) is 18.8. The highest BCUT2D eigenvalue weighted by Crippen LogP contribution is 2.36. The number of methoxy groups -OCH3 is 1. The zero-order valence-corrected chi connectivity index (χ0v) is 16.1. The summed E-state index contributed by atoms with van der Waals surface area (Å²) in [6, 6.07) is 14.6. The molecule has 5 nitrogen and oxygen atoms in total. The molecule has 1 atom stereocenters. The number of para-hydroxylation sites is 1. The first kappa shape index (κ1) is 18.9. The van der Waals surface area contributed by atoms with Gasteiger partial charge in [-0.05, 0) is 25.5 Å². The van der Waals surface area contributed by atoms with Crippen LogP contribution in [0.5, 0.6) is 5.75 Å². The molecule has 0 bridgehead atoms. The lowest BCUT2D eigenvalue weighted by Gasteiger charge is -2.26. The predicted octanol–water partition coefficient (Wildman–Crippen LogP) is 3.59. The van der Waals surface area contributed by atoms with E-state index in [0.717, 1.165) is 5.56 Å². The lowest BCUT2D eigenvalue weighted by atomic mass is 10.0. The van der Waals surface area contributed by atoms with Crippen molar-refractivity contribution in [2.75, 3.05) is 20.3 Å². The molecular formula is C20H24O5S. The summed E-state index contributed by atoms with van der Waals surface area (Å²) in [4.78, 5) is 0. The Labute approximate surface area is 154 Å². The minimum absolute atomic E-state index is 0.0926. The van der Waals surface area contributed by atoms with Gasteiger partial charge >= 0.3 is 0 Å². The van der Waals surface area contributed by atoms with Gasteiger partial charge in [0.1, 0.15) is 5.75 Å². The van der Waals surface area contributed by atoms with E-state index in [-0.39, 0.29) is 5.75 Å². The maximum Gasteiger partial charge on any atom is 0.192 e. The second kappa shape index (κ2) is 7.39. The van der Waals surface area contributed by atoms with Crippen LogP contribution in [0.3, 0.4) is 0 Å². The fourth-order valence-corrected chi connectivity index (χ4v) is 4.81. The van der Waals surface area contributed by atoms with Crippen molar-refractivity contribution in [3.05, 3.63) is 65.2 Å². The van der Waals surface area contributed by atoms with E-state index >= 15 is 0 Å². The lowest BCUT2D eigenvalue weighted by molar-refractivity contribution is -0.150. The Bertz CT molecular complexity index is 869. The summed E-state index contributed by atoms with van der Waals surface area (Å²) >= 11 is 0. The van der Waals surface area contributed by atoms with Gasteiger partial charge in [0.15, 0.2) is 15.6 Å². The van der Waals surface area contributed by atoms with Crippen molar-refractivity contribution < 1.29 is 22.6 Å². The van der Waals surface area contributed by atoms with Crippen molar-refractivity contribution >= 4 is 9.84 Å². The van der Waals surface area contributed by atoms with Gasteiger partial charge in [0.25, 0.3) is 0 Å². The van der Waals surface area contributed by atoms with Crippen LogP contribution >= 0.6 is 0 Å². The number of sulfone groups is 1. The third kappa shape index (κ3) is 3.63. The molecule has 1 heterocycles. The zero-order valence-electron chi connectivity index (χ0n) is 15.3. The van der Waals surface area contributed by atoms with E-state index in [9.17, 15) is 8.42 Å². The Balaban J connectivity index is 1.93. The largest absolute Gasteiger partial charge is 0.496 e. The molecule has 0 aromatic heterocycles. The summed E-state index contributed by atoms with van der Waals surface area (Å²) in [5.74, 6) is -0.420. The first-order chi connectivity index (χ1) is 12.4. The molecule has 0 spiro atoms. The Hall–Kier alpha value is -1.89. The van der Waals surface area contributed by atoms with E-state index < -0.39 is 20.9 Å². The molecule has 0 radical (unpaired) electrons. The van der Waals surface area contributed by atoms with Crippen molar-refractivity contribution in [2.24, 2.45) is 0 Å². The van der Waals surface area contributed by atoms with Crippen LogP contribution < -0.4 is 4.74 Å². The molecule has 3 rings (SSSR count). The maximum atomic E-state index is 13.1. The quantitative estimate of drug-likeness (QED) is 0.771. The van der Waals surface area contributed by atoms with Crippen LogP contribution in [0.15, 0.2) is 48.5 Å². The molecule has 26 heavy (non-hydrogen) atoms. The van der Waals surface area contributed by atoms with Gasteiger partial charge in [0.05, 0.1) is 31.3 Å². The molecule has 0 aliphatic carbocycles. The minimum atomic E-state index is -3.47. The summed E-state index contributed by atoms with van der Waals surface area (Å²) in [5.41, 5.74) is 2.11. The van der Waals surface area contributed by atoms with Gasteiger partial charge in [-0.25, -0.2) is 8.42 Å². The standard InChI is InChI=1S/C20H24O5S/c1-15(17-9-5-7-11-19(17)23-3)26(21,22)14-16-8-4-6-10-18(16)20(2)24-12-13-25-20/h4-11,15H,12-14H2,1-3H3. The van der Waals surface area contributed by atoms with E-state index in [4.69, 9.17) is 14.2 Å². The van der Waals surface area contributed by atoms with Gasteiger partial charge in [-0.15, -0.1) is 0 Å². The number of rotatable bonds is 6. The topological polar surface area (TPSA) is 61.8 Å². The van der Waals surface area contributed by atoms with Gasteiger partial charge in [-0.1, -0.05) is 42.5 Å². The average molecular weight is 376 g/mol. The van der Waals surface area contributed by atoms with Crippen LogP contribution in [0.1, 0.15) is 35.8 Å². The van der Waals surface area contributed by atoms with Crippen molar-refractivity contribution in [3.8, 4) is 5.75 Å². The van der Waals surface area contributed by atoms with E-state index in [1.54, 1.807) is 26.2 Å². The summed E-state index contributed by atoms with van der Waals surface area (Å²) in [7, 11) is -1.92. The number of ether oxygens (including phenoxy) is 3. The second-order valence-corrected chi connectivity index (χ2v) is 8.81. The summed E-state index contributed by atoms with van der Waals surface area (Å²) in [5, 5.41) is -0.690. The van der Waals surface area contributed by atoms with Crippen LogP contribution in [0, 0.1) is 0 Å². The molecule has 1 fully saturated rings. The van der Waals surface area contributed by atoms with Crippen LogP contribution in [-0.4, -0.2) is 28.7 Å². The van der Waals surface area contributed by atoms with Crippen molar-refractivity contribution in [3.63, 3.8) is 0 Å². The summed E-state index contributed by atoms with van der Waals surface area (Å²) in [6.07, 6.45) is 0. The molecule has 1 aliphatic rings. The Morgan fingerprint density at radius 2 is 1.69 bits per heavy atom. The predicted molar refractivity (Wildman–Crippen MR) is 99.7 cm³/mol. The molecular weight excluding hydrogens is 352 g/mol. The first-order valence-corrected chi connectivity index (χ1v) is 10.3. The SMILES string of the molecule is COc1ccccc1C(C)S(=O)(=O)Cc1ccccc1C1(C)OCCO1. The van der Waals surface area contributed by atoms with Gasteiger partial charge in [0, 0.05) is 11.1 Å². The fourth-order valence-electron chi connectivity index (χ4n) is 3.30. The molecule has 1 saturated heterocycles. The molecule has 140 valence electrons. The lowest BCUT2D eigenvalue weighted by Crippen LogP contribution is -2.25. The Morgan fingerprint density at radius 3 is 2.38 bits per heavy atom. The van der Waals surface area contributed by atoms with E-state index in [2.05, 4.69) is 0 Å². The molecule has 0 amide bonds. The minimum Gasteiger partial charge on any atom is -0.496 e. The van der Waals surface area contributed by atoms with Gasteiger partial charge in [0.2, 0.25) is 0 Å². The highest BCUT2D eigenvalue weighted by Gasteiger charge is 2.36. The van der Waals surface area contributed by atoms with Crippen LogP contribution in [-0.2, 0) is 30.9 Å². The van der Waals surface area contributed by atoms with Crippen molar-refractivity contribution in [1.29, 1.82) is 0 Å². The third-order valence-electron chi connectivity index (χ3n) is 4.82. The van der Waals surface area contributed by atoms with Crippen molar-refractivity contribution in [1.82, 2.24) is 0 Å². The highest BCUT2D eigenvalue weighted by atomic mass is 32.2. The molecule has 0 saturated carbocycles. The number of hydrogen-bond acceptors (Lipinski definition) is 5. The maximum absolute atomic E-state index is 13.1. The Morgan fingerprint density at radius 1 is 1.08 bits per heavy atom. The summed E-state index contributed by atoms with van der Waals surface area (Å²) in [6.45, 7) is 4.51. The molecule has 1 unspecified atom stereocenters. The van der Waals surface area contributed by atoms with Gasteiger partial charge in [-0.2, -0.15) is 0 Å². The molecule has 0 N–H and O–H groups in total. The summed E-state index contributed by atoms with van der Waals surface area (Å²) < 4.78 is 43.0. The molecule has 2 aromatic carbocycles. The van der Waals surface area contributed by atoms with Gasteiger partial charge < -0.3 is 14.2 Å². The smallest absolute Gasteiger partial charge is 0.192 e. The van der Waals surface area contributed by atoms with E-state index in [1.807, 2.05) is 43.3 Å². The average Bonchev–Trinajstić information content (AvgIpc) is 3.08. The normalized spacial score (nSPS) is 17.8. The van der Waals surface area contributed by atoms with Crippen LogP contribution in [0.2, 0.25) is 0 Å². The van der Waals surface area contributed by atoms with Crippen LogP contribution in [0.4, 0.5) is 0 Å². The van der Waals surface area contributed by atoms with Crippen LogP contribution in [0.25, 0.3) is 0 Å². The number of benzene rings is 2. The molecule has 1 aliphatic heterocycles. The number of hydrogen-bond donors (Lipinski definition) is 0.